The van der Waals surface area contributed by atoms with Gasteiger partial charge in [-0.2, -0.15) is 0 Å². The first-order valence-corrected chi connectivity index (χ1v) is 7.34. The summed E-state index contributed by atoms with van der Waals surface area (Å²) in [5.41, 5.74) is 0. The van der Waals surface area contributed by atoms with Crippen LogP contribution in [0.25, 0.3) is 10.8 Å². The third kappa shape index (κ3) is 3.87. The van der Waals surface area contributed by atoms with E-state index in [0.29, 0.717) is 13.1 Å². The molecule has 0 unspecified atom stereocenters. The van der Waals surface area contributed by atoms with E-state index in [2.05, 4.69) is 11.4 Å². The van der Waals surface area contributed by atoms with Crippen molar-refractivity contribution >= 4 is 10.8 Å². The van der Waals surface area contributed by atoms with Crippen LogP contribution in [0.5, 0.6) is 5.75 Å². The van der Waals surface area contributed by atoms with Crippen molar-refractivity contribution in [3.63, 3.8) is 0 Å². The van der Waals surface area contributed by atoms with E-state index in [1.807, 2.05) is 48.5 Å². The van der Waals surface area contributed by atoms with E-state index in [1.54, 1.807) is 6.26 Å². The van der Waals surface area contributed by atoms with Gasteiger partial charge in [0.05, 0.1) is 12.8 Å². The molecule has 0 aliphatic heterocycles. The van der Waals surface area contributed by atoms with Gasteiger partial charge in [-0.05, 0) is 35.0 Å². The average Bonchev–Trinajstić information content (AvgIpc) is 3.06. The Bertz CT molecular complexity index is 709. The van der Waals surface area contributed by atoms with Gasteiger partial charge in [0, 0.05) is 6.54 Å². The van der Waals surface area contributed by atoms with Gasteiger partial charge < -0.3 is 19.6 Å². The molecule has 0 aliphatic carbocycles. The summed E-state index contributed by atoms with van der Waals surface area (Å²) in [6, 6.07) is 17.8. The zero-order valence-corrected chi connectivity index (χ0v) is 12.2. The molecule has 1 atom stereocenters. The first kappa shape index (κ1) is 14.6. The van der Waals surface area contributed by atoms with Crippen LogP contribution < -0.4 is 10.1 Å². The fraction of sp³-hybridized carbons (Fsp3) is 0.222. The molecule has 22 heavy (non-hydrogen) atoms. The summed E-state index contributed by atoms with van der Waals surface area (Å²) in [7, 11) is 0. The number of furan rings is 1. The van der Waals surface area contributed by atoms with E-state index in [9.17, 15) is 5.11 Å². The maximum atomic E-state index is 9.93. The summed E-state index contributed by atoms with van der Waals surface area (Å²) in [6.07, 6.45) is 1.07. The smallest absolute Gasteiger partial charge is 0.120 e. The molecule has 0 amide bonds. The molecule has 0 saturated heterocycles. The zero-order chi connectivity index (χ0) is 15.2. The molecule has 0 saturated carbocycles. The maximum Gasteiger partial charge on any atom is 0.120 e. The molecule has 0 bridgehead atoms. The number of rotatable bonds is 7. The van der Waals surface area contributed by atoms with Gasteiger partial charge in [-0.25, -0.2) is 0 Å². The van der Waals surface area contributed by atoms with E-state index in [-0.39, 0.29) is 6.61 Å². The third-order valence-corrected chi connectivity index (χ3v) is 3.42. The van der Waals surface area contributed by atoms with Crippen LogP contribution >= 0.6 is 0 Å². The van der Waals surface area contributed by atoms with Crippen molar-refractivity contribution in [3.05, 3.63) is 66.6 Å². The molecule has 1 aromatic heterocycles. The Morgan fingerprint density at radius 2 is 1.91 bits per heavy atom. The number of benzene rings is 2. The molecular weight excluding hydrogens is 278 g/mol. The molecule has 4 nitrogen and oxygen atoms in total. The lowest BCUT2D eigenvalue weighted by atomic mass is 10.1. The van der Waals surface area contributed by atoms with E-state index in [4.69, 9.17) is 9.15 Å². The van der Waals surface area contributed by atoms with Crippen LogP contribution in [0, 0.1) is 0 Å². The van der Waals surface area contributed by atoms with Gasteiger partial charge in [0.15, 0.2) is 0 Å². The summed E-state index contributed by atoms with van der Waals surface area (Å²) in [4.78, 5) is 0. The van der Waals surface area contributed by atoms with Crippen molar-refractivity contribution < 1.29 is 14.3 Å². The van der Waals surface area contributed by atoms with Gasteiger partial charge in [-0.3, -0.25) is 0 Å². The maximum absolute atomic E-state index is 9.93. The summed E-state index contributed by atoms with van der Waals surface area (Å²) < 4.78 is 10.9. The minimum Gasteiger partial charge on any atom is -0.491 e. The Morgan fingerprint density at radius 3 is 2.73 bits per heavy atom. The molecule has 0 fully saturated rings. The Morgan fingerprint density at radius 1 is 1.05 bits per heavy atom. The van der Waals surface area contributed by atoms with E-state index < -0.39 is 6.10 Å². The molecule has 3 rings (SSSR count). The first-order chi connectivity index (χ1) is 10.8. The molecular formula is C18H19NO3. The van der Waals surface area contributed by atoms with Gasteiger partial charge in [0.25, 0.3) is 0 Å². The fourth-order valence-electron chi connectivity index (χ4n) is 2.28. The second kappa shape index (κ2) is 7.11. The second-order valence-electron chi connectivity index (χ2n) is 5.18. The quantitative estimate of drug-likeness (QED) is 0.704. The van der Waals surface area contributed by atoms with Crippen LogP contribution in [0.2, 0.25) is 0 Å². The van der Waals surface area contributed by atoms with Gasteiger partial charge >= 0.3 is 0 Å². The van der Waals surface area contributed by atoms with Gasteiger partial charge in [-0.15, -0.1) is 0 Å². The number of aliphatic hydroxyl groups is 1. The van der Waals surface area contributed by atoms with Crippen LogP contribution in [-0.4, -0.2) is 24.4 Å². The Balaban J connectivity index is 1.46. The summed E-state index contributed by atoms with van der Waals surface area (Å²) >= 11 is 0. The first-order valence-electron chi connectivity index (χ1n) is 7.34. The summed E-state index contributed by atoms with van der Waals surface area (Å²) in [5.74, 6) is 1.62. The van der Waals surface area contributed by atoms with Crippen molar-refractivity contribution in [2.75, 3.05) is 13.2 Å². The Hall–Kier alpha value is -2.30. The molecule has 2 aromatic carbocycles. The second-order valence-corrected chi connectivity index (χ2v) is 5.18. The molecule has 0 aliphatic rings. The Kier molecular flexibility index (Phi) is 4.73. The number of hydrogen-bond acceptors (Lipinski definition) is 4. The third-order valence-electron chi connectivity index (χ3n) is 3.42. The molecule has 0 spiro atoms. The fourth-order valence-corrected chi connectivity index (χ4v) is 2.28. The monoisotopic (exact) mass is 297 g/mol. The normalized spacial score (nSPS) is 12.4. The van der Waals surface area contributed by atoms with Crippen LogP contribution in [0.15, 0.2) is 65.3 Å². The zero-order valence-electron chi connectivity index (χ0n) is 12.2. The van der Waals surface area contributed by atoms with Crippen molar-refractivity contribution in [1.29, 1.82) is 0 Å². The standard InChI is InChI=1S/C18H19NO3/c20-16(11-19-12-18-6-3-9-21-18)13-22-17-8-7-14-4-1-2-5-15(14)10-17/h1-10,16,19-20H,11-13H2/t16-/m1/s1. The molecule has 1 heterocycles. The molecule has 2 N–H and O–H groups in total. The summed E-state index contributed by atoms with van der Waals surface area (Å²) in [5, 5.41) is 15.4. The highest BCUT2D eigenvalue weighted by Gasteiger charge is 2.06. The van der Waals surface area contributed by atoms with E-state index in [1.165, 1.54) is 5.39 Å². The van der Waals surface area contributed by atoms with Crippen LogP contribution in [0.1, 0.15) is 5.76 Å². The lowest BCUT2D eigenvalue weighted by Gasteiger charge is -2.13. The SMILES string of the molecule is O[C@H](CNCc1ccco1)COc1ccc2ccccc2c1. The van der Waals surface area contributed by atoms with Gasteiger partial charge in [0.1, 0.15) is 24.2 Å². The number of fused-ring (bicyclic) bond motifs is 1. The average molecular weight is 297 g/mol. The lowest BCUT2D eigenvalue weighted by molar-refractivity contribution is 0.106. The summed E-state index contributed by atoms with van der Waals surface area (Å²) in [6.45, 7) is 1.30. The predicted octanol–water partition coefficient (Wildman–Crippen LogP) is 2.96. The number of ether oxygens (including phenoxy) is 1. The van der Waals surface area contributed by atoms with Crippen LogP contribution in [0.3, 0.4) is 0 Å². The van der Waals surface area contributed by atoms with Crippen molar-refractivity contribution in [3.8, 4) is 5.75 Å². The predicted molar refractivity (Wildman–Crippen MR) is 85.9 cm³/mol. The highest BCUT2D eigenvalue weighted by Crippen LogP contribution is 2.20. The largest absolute Gasteiger partial charge is 0.491 e. The van der Waals surface area contributed by atoms with Crippen molar-refractivity contribution in [2.24, 2.45) is 0 Å². The number of hydrogen-bond donors (Lipinski definition) is 2. The topological polar surface area (TPSA) is 54.6 Å². The van der Waals surface area contributed by atoms with E-state index >= 15 is 0 Å². The minimum absolute atomic E-state index is 0.253. The van der Waals surface area contributed by atoms with Crippen molar-refractivity contribution in [1.82, 2.24) is 5.32 Å². The van der Waals surface area contributed by atoms with E-state index in [0.717, 1.165) is 16.9 Å². The molecule has 114 valence electrons. The van der Waals surface area contributed by atoms with Gasteiger partial charge in [0.2, 0.25) is 0 Å². The highest BCUT2D eigenvalue weighted by molar-refractivity contribution is 5.83. The highest BCUT2D eigenvalue weighted by atomic mass is 16.5. The minimum atomic E-state index is -0.568. The number of nitrogens with one attached hydrogen (secondary N) is 1. The molecule has 3 aromatic rings. The lowest BCUT2D eigenvalue weighted by Crippen LogP contribution is -2.31. The Labute approximate surface area is 129 Å². The van der Waals surface area contributed by atoms with Gasteiger partial charge in [-0.1, -0.05) is 30.3 Å². The molecule has 4 heteroatoms. The van der Waals surface area contributed by atoms with Crippen LogP contribution in [-0.2, 0) is 6.54 Å². The molecule has 0 radical (unpaired) electrons. The van der Waals surface area contributed by atoms with Crippen molar-refractivity contribution in [2.45, 2.75) is 12.6 Å². The van der Waals surface area contributed by atoms with Crippen LogP contribution in [0.4, 0.5) is 0 Å². The number of aliphatic hydroxyl groups excluding tert-OH is 1.